The summed E-state index contributed by atoms with van der Waals surface area (Å²) in [6.07, 6.45) is 17.9. The van der Waals surface area contributed by atoms with E-state index in [9.17, 15) is 0 Å². The minimum atomic E-state index is 0.684. The molecule has 0 heteroatoms. The number of hydrogen-bond acceptors (Lipinski definition) is 0. The van der Waals surface area contributed by atoms with Gasteiger partial charge in [0, 0.05) is 0 Å². The van der Waals surface area contributed by atoms with Crippen molar-refractivity contribution in [2.24, 2.45) is 17.8 Å². The van der Waals surface area contributed by atoms with Crippen molar-refractivity contribution >= 4 is 0 Å². The van der Waals surface area contributed by atoms with Crippen LogP contribution < -0.4 is 0 Å². The molecule has 0 spiro atoms. The number of aryl methyl sites for hydroxylation is 1. The van der Waals surface area contributed by atoms with Crippen molar-refractivity contribution in [2.75, 3.05) is 0 Å². The number of allylic oxidation sites excluding steroid dienone is 4. The first-order valence-corrected chi connectivity index (χ1v) is 11.2. The second-order valence-corrected chi connectivity index (χ2v) is 9.09. The van der Waals surface area contributed by atoms with Crippen LogP contribution >= 0.6 is 0 Å². The summed E-state index contributed by atoms with van der Waals surface area (Å²) in [5.41, 5.74) is 5.50. The molecule has 1 fully saturated rings. The van der Waals surface area contributed by atoms with Gasteiger partial charge in [-0.15, -0.1) is 0 Å². The Morgan fingerprint density at radius 2 is 1.32 bits per heavy atom. The van der Waals surface area contributed by atoms with E-state index < -0.39 is 0 Å². The Hall–Kier alpha value is -2.08. The van der Waals surface area contributed by atoms with Crippen LogP contribution in [0, 0.1) is 24.7 Å². The van der Waals surface area contributed by atoms with Crippen molar-refractivity contribution in [3.63, 3.8) is 0 Å². The van der Waals surface area contributed by atoms with Crippen LogP contribution in [0.3, 0.4) is 0 Å². The number of hydrogen-bond donors (Lipinski definition) is 0. The highest BCUT2D eigenvalue weighted by Gasteiger charge is 2.21. The molecule has 2 aliphatic rings. The highest BCUT2D eigenvalue weighted by Crippen LogP contribution is 2.37. The zero-order valence-electron chi connectivity index (χ0n) is 17.5. The summed E-state index contributed by atoms with van der Waals surface area (Å²) < 4.78 is 0. The molecule has 0 N–H and O–H groups in total. The fraction of sp³-hybridized carbons (Fsp3) is 0.429. The molecule has 0 bridgehead atoms. The molecule has 4 rings (SSSR count). The fourth-order valence-corrected chi connectivity index (χ4v) is 4.78. The molecule has 0 heterocycles. The molecule has 2 aliphatic carbocycles. The third-order valence-corrected chi connectivity index (χ3v) is 6.81. The maximum absolute atomic E-state index is 2.53. The third-order valence-electron chi connectivity index (χ3n) is 6.81. The Morgan fingerprint density at radius 1 is 0.679 bits per heavy atom. The molecule has 0 aromatic heterocycles. The van der Waals surface area contributed by atoms with Crippen LogP contribution in [0.5, 0.6) is 0 Å². The molecule has 2 unspecified atom stereocenters. The zero-order chi connectivity index (χ0) is 19.3. The normalized spacial score (nSPS) is 27.9. The van der Waals surface area contributed by atoms with Gasteiger partial charge in [0.1, 0.15) is 0 Å². The average Bonchev–Trinajstić information content (AvgIpc) is 2.74. The summed E-state index contributed by atoms with van der Waals surface area (Å²) >= 11 is 0. The molecule has 0 saturated heterocycles. The second-order valence-electron chi connectivity index (χ2n) is 9.09. The maximum Gasteiger partial charge on any atom is -0.00531 e. The largest absolute Gasteiger partial charge is 0.0851 e. The second kappa shape index (κ2) is 8.95. The maximum atomic E-state index is 2.53. The smallest absolute Gasteiger partial charge is 0.00531 e. The summed E-state index contributed by atoms with van der Waals surface area (Å²) in [6, 6.07) is 18.2. The quantitative estimate of drug-likeness (QED) is 0.477. The van der Waals surface area contributed by atoms with Crippen LogP contribution in [-0.2, 0) is 0 Å². The van der Waals surface area contributed by atoms with Crippen molar-refractivity contribution < 1.29 is 0 Å². The van der Waals surface area contributed by atoms with E-state index in [1.807, 2.05) is 0 Å². The lowest BCUT2D eigenvalue weighted by Gasteiger charge is -2.27. The standard InChI is InChI=1S/C28H34/c1-21-3-7-23(8-4-21)9-10-24-11-15-26(16-12-24)28-19-17-27(18-20-28)25-13-5-22(2)6-14-25/h3,5-7,9-10,13-14,17-21,23-24,26H,4,8,11-12,15-16H2,1-2H3/b10-9+. The van der Waals surface area contributed by atoms with Crippen molar-refractivity contribution in [3.05, 3.63) is 84.0 Å². The first-order chi connectivity index (χ1) is 13.7. The number of rotatable bonds is 4. The van der Waals surface area contributed by atoms with E-state index in [0.717, 1.165) is 17.8 Å². The van der Waals surface area contributed by atoms with Crippen LogP contribution in [0.4, 0.5) is 0 Å². The molecule has 0 aliphatic heterocycles. The highest BCUT2D eigenvalue weighted by atomic mass is 14.3. The van der Waals surface area contributed by atoms with Crippen molar-refractivity contribution in [3.8, 4) is 11.1 Å². The molecule has 2 aromatic carbocycles. The lowest BCUT2D eigenvalue weighted by molar-refractivity contribution is 0.374. The minimum absolute atomic E-state index is 0.684. The summed E-state index contributed by atoms with van der Waals surface area (Å²) in [7, 11) is 0. The predicted molar refractivity (Wildman–Crippen MR) is 121 cm³/mol. The lowest BCUT2D eigenvalue weighted by Crippen LogP contribution is -2.12. The summed E-state index contributed by atoms with van der Waals surface area (Å²) in [4.78, 5) is 0. The van der Waals surface area contributed by atoms with E-state index in [1.165, 1.54) is 60.8 Å². The van der Waals surface area contributed by atoms with Gasteiger partial charge in [0.25, 0.3) is 0 Å². The summed E-state index contributed by atoms with van der Waals surface area (Å²) in [5, 5.41) is 0. The average molecular weight is 371 g/mol. The predicted octanol–water partition coefficient (Wildman–Crippen LogP) is 8.09. The monoisotopic (exact) mass is 370 g/mol. The summed E-state index contributed by atoms with van der Waals surface area (Å²) in [5.74, 6) is 2.99. The third kappa shape index (κ3) is 4.85. The van der Waals surface area contributed by atoms with Crippen molar-refractivity contribution in [1.82, 2.24) is 0 Å². The first-order valence-electron chi connectivity index (χ1n) is 11.2. The Labute approximate surface area is 171 Å². The molecule has 2 aromatic rings. The van der Waals surface area contributed by atoms with Gasteiger partial charge in [-0.05, 0) is 85.8 Å². The molecule has 0 amide bonds. The van der Waals surface area contributed by atoms with Gasteiger partial charge in [0.15, 0.2) is 0 Å². The van der Waals surface area contributed by atoms with Crippen LogP contribution in [0.2, 0.25) is 0 Å². The molecular weight excluding hydrogens is 336 g/mol. The van der Waals surface area contributed by atoms with Crippen LogP contribution in [-0.4, -0.2) is 0 Å². The molecule has 0 radical (unpaired) electrons. The van der Waals surface area contributed by atoms with Crippen molar-refractivity contribution in [2.45, 2.75) is 58.3 Å². The lowest BCUT2D eigenvalue weighted by atomic mass is 9.78. The molecule has 2 atom stereocenters. The topological polar surface area (TPSA) is 0 Å². The van der Waals surface area contributed by atoms with Gasteiger partial charge in [0.2, 0.25) is 0 Å². The van der Waals surface area contributed by atoms with Gasteiger partial charge in [-0.3, -0.25) is 0 Å². The molecule has 0 nitrogen and oxygen atoms in total. The van der Waals surface area contributed by atoms with Crippen LogP contribution in [0.25, 0.3) is 11.1 Å². The Morgan fingerprint density at radius 3 is 1.93 bits per heavy atom. The fourth-order valence-electron chi connectivity index (χ4n) is 4.78. The van der Waals surface area contributed by atoms with Gasteiger partial charge in [-0.2, -0.15) is 0 Å². The van der Waals surface area contributed by atoms with E-state index in [-0.39, 0.29) is 0 Å². The van der Waals surface area contributed by atoms with E-state index in [4.69, 9.17) is 0 Å². The highest BCUT2D eigenvalue weighted by molar-refractivity contribution is 5.64. The summed E-state index contributed by atoms with van der Waals surface area (Å²) in [6.45, 7) is 4.47. The van der Waals surface area contributed by atoms with E-state index in [2.05, 4.69) is 86.7 Å². The zero-order valence-corrected chi connectivity index (χ0v) is 17.5. The van der Waals surface area contributed by atoms with Gasteiger partial charge in [0.05, 0.1) is 0 Å². The van der Waals surface area contributed by atoms with Gasteiger partial charge >= 0.3 is 0 Å². The van der Waals surface area contributed by atoms with Crippen molar-refractivity contribution in [1.29, 1.82) is 0 Å². The molecule has 28 heavy (non-hydrogen) atoms. The van der Waals surface area contributed by atoms with Gasteiger partial charge in [-0.25, -0.2) is 0 Å². The van der Waals surface area contributed by atoms with Crippen LogP contribution in [0.15, 0.2) is 72.8 Å². The minimum Gasteiger partial charge on any atom is -0.0851 e. The van der Waals surface area contributed by atoms with Crippen LogP contribution in [0.1, 0.15) is 62.5 Å². The molecule has 146 valence electrons. The van der Waals surface area contributed by atoms with Gasteiger partial charge < -0.3 is 0 Å². The van der Waals surface area contributed by atoms with Gasteiger partial charge in [-0.1, -0.05) is 85.3 Å². The molecular formula is C28H34. The Balaban J connectivity index is 1.31. The number of benzene rings is 2. The molecule has 1 saturated carbocycles. The van der Waals surface area contributed by atoms with E-state index in [0.29, 0.717) is 5.92 Å². The Bertz CT molecular complexity index is 798. The first kappa shape index (κ1) is 19.2. The Kier molecular flexibility index (Phi) is 6.15. The SMILES string of the molecule is Cc1ccc(-c2ccc(C3CCC(/C=C/C4C=CC(C)CC4)CC3)cc2)cc1. The van der Waals surface area contributed by atoms with E-state index >= 15 is 0 Å². The van der Waals surface area contributed by atoms with E-state index in [1.54, 1.807) is 0 Å².